The average Bonchev–Trinajstić information content (AvgIpc) is 2.43. The van der Waals surface area contributed by atoms with Crippen molar-refractivity contribution in [2.24, 2.45) is 11.8 Å². The Bertz CT molecular complexity index is 178. The van der Waals surface area contributed by atoms with E-state index in [0.29, 0.717) is 0 Å². The molecule has 86 valence electrons. The Kier molecular flexibility index (Phi) is 6.47. The molecule has 0 heteroatoms. The maximum atomic E-state index is 2.43. The predicted molar refractivity (Wildman–Crippen MR) is 68.9 cm³/mol. The van der Waals surface area contributed by atoms with Gasteiger partial charge in [-0.3, -0.25) is 0 Å². The molecule has 0 aliphatic heterocycles. The Labute approximate surface area is 95.5 Å². The van der Waals surface area contributed by atoms with E-state index >= 15 is 0 Å². The van der Waals surface area contributed by atoms with Gasteiger partial charge in [0, 0.05) is 0 Å². The first-order valence-corrected chi connectivity index (χ1v) is 6.82. The second-order valence-corrected chi connectivity index (χ2v) is 4.44. The van der Waals surface area contributed by atoms with Crippen molar-refractivity contribution in [1.82, 2.24) is 0 Å². The topological polar surface area (TPSA) is 0 Å². The molecule has 15 heavy (non-hydrogen) atoms. The maximum Gasteiger partial charge on any atom is -0.0167 e. The van der Waals surface area contributed by atoms with Crippen molar-refractivity contribution in [3.05, 3.63) is 24.3 Å². The smallest absolute Gasteiger partial charge is 0.0167 e. The Balaban J connectivity index is 0.000000531. The van der Waals surface area contributed by atoms with Crippen LogP contribution >= 0.6 is 0 Å². The minimum Gasteiger partial charge on any atom is -0.0808 e. The van der Waals surface area contributed by atoms with Crippen LogP contribution in [0.3, 0.4) is 0 Å². The average molecular weight is 206 g/mol. The molecule has 0 bridgehead atoms. The summed E-state index contributed by atoms with van der Waals surface area (Å²) in [7, 11) is 0. The quantitative estimate of drug-likeness (QED) is 0.516. The molecular formula is C15H26. The highest BCUT2D eigenvalue weighted by molar-refractivity contribution is 5.14. The lowest BCUT2D eigenvalue weighted by molar-refractivity contribution is 0.409. The SMILES string of the molecule is C1=CC2CCCCCCCC2C=C1.CC. The molecule has 2 unspecified atom stereocenters. The second-order valence-electron chi connectivity index (χ2n) is 4.44. The van der Waals surface area contributed by atoms with Gasteiger partial charge < -0.3 is 0 Å². The Morgan fingerprint density at radius 2 is 1.07 bits per heavy atom. The van der Waals surface area contributed by atoms with E-state index in [1.54, 1.807) is 0 Å². The number of fused-ring (bicyclic) bond motifs is 1. The van der Waals surface area contributed by atoms with Crippen LogP contribution in [0.25, 0.3) is 0 Å². The third kappa shape index (κ3) is 4.24. The third-order valence-electron chi connectivity index (χ3n) is 3.45. The van der Waals surface area contributed by atoms with E-state index in [-0.39, 0.29) is 0 Å². The Morgan fingerprint density at radius 1 is 0.667 bits per heavy atom. The van der Waals surface area contributed by atoms with E-state index in [0.717, 1.165) is 11.8 Å². The summed E-state index contributed by atoms with van der Waals surface area (Å²) < 4.78 is 0. The predicted octanol–water partition coefficient (Wildman–Crippen LogP) is 5.12. The van der Waals surface area contributed by atoms with E-state index in [2.05, 4.69) is 24.3 Å². The van der Waals surface area contributed by atoms with Crippen LogP contribution in [0, 0.1) is 11.8 Å². The number of allylic oxidation sites excluding steroid dienone is 4. The molecule has 0 N–H and O–H groups in total. The molecule has 2 aliphatic carbocycles. The fourth-order valence-corrected chi connectivity index (χ4v) is 2.61. The van der Waals surface area contributed by atoms with Crippen LogP contribution in [0.1, 0.15) is 58.8 Å². The molecule has 2 aliphatic rings. The summed E-state index contributed by atoms with van der Waals surface area (Å²) in [5.74, 6) is 1.73. The second kappa shape index (κ2) is 7.73. The van der Waals surface area contributed by atoms with Gasteiger partial charge >= 0.3 is 0 Å². The summed E-state index contributed by atoms with van der Waals surface area (Å²) in [6.45, 7) is 4.00. The van der Waals surface area contributed by atoms with Gasteiger partial charge in [-0.05, 0) is 24.7 Å². The van der Waals surface area contributed by atoms with Crippen LogP contribution in [-0.4, -0.2) is 0 Å². The molecule has 0 aromatic carbocycles. The van der Waals surface area contributed by atoms with Crippen molar-refractivity contribution in [3.63, 3.8) is 0 Å². The molecule has 0 saturated heterocycles. The van der Waals surface area contributed by atoms with Crippen LogP contribution in [-0.2, 0) is 0 Å². The lowest BCUT2D eigenvalue weighted by Crippen LogP contribution is -2.12. The highest BCUT2D eigenvalue weighted by atomic mass is 14.2. The van der Waals surface area contributed by atoms with Gasteiger partial charge in [0.05, 0.1) is 0 Å². The molecule has 0 heterocycles. The Morgan fingerprint density at radius 3 is 1.53 bits per heavy atom. The summed E-state index contributed by atoms with van der Waals surface area (Å²) >= 11 is 0. The molecule has 0 nitrogen and oxygen atoms in total. The molecule has 0 spiro atoms. The molecule has 2 atom stereocenters. The van der Waals surface area contributed by atoms with Crippen molar-refractivity contribution >= 4 is 0 Å². The standard InChI is InChI=1S/C13H20.C2H6/c1-2-4-8-12-10-6-7-11-13(12)9-5-3-1;1-2/h6-7,10-13H,1-5,8-9H2;1-2H3. The van der Waals surface area contributed by atoms with E-state index in [1.165, 1.54) is 44.9 Å². The van der Waals surface area contributed by atoms with Gasteiger partial charge in [0.15, 0.2) is 0 Å². The van der Waals surface area contributed by atoms with E-state index < -0.39 is 0 Å². The lowest BCUT2D eigenvalue weighted by Gasteiger charge is -2.23. The van der Waals surface area contributed by atoms with Crippen molar-refractivity contribution in [1.29, 1.82) is 0 Å². The van der Waals surface area contributed by atoms with Gasteiger partial charge in [0.25, 0.3) is 0 Å². The zero-order valence-electron chi connectivity index (χ0n) is 10.4. The van der Waals surface area contributed by atoms with Gasteiger partial charge in [-0.25, -0.2) is 0 Å². The van der Waals surface area contributed by atoms with Gasteiger partial charge in [0.1, 0.15) is 0 Å². The molecule has 0 aromatic rings. The maximum absolute atomic E-state index is 2.43. The van der Waals surface area contributed by atoms with E-state index in [4.69, 9.17) is 0 Å². The monoisotopic (exact) mass is 206 g/mol. The van der Waals surface area contributed by atoms with Crippen molar-refractivity contribution < 1.29 is 0 Å². The first kappa shape index (κ1) is 12.5. The molecular weight excluding hydrogens is 180 g/mol. The molecule has 1 saturated carbocycles. The van der Waals surface area contributed by atoms with Gasteiger partial charge in [-0.2, -0.15) is 0 Å². The van der Waals surface area contributed by atoms with Gasteiger partial charge in [0.2, 0.25) is 0 Å². The third-order valence-corrected chi connectivity index (χ3v) is 3.45. The van der Waals surface area contributed by atoms with Crippen molar-refractivity contribution in [3.8, 4) is 0 Å². The summed E-state index contributed by atoms with van der Waals surface area (Å²) in [5.41, 5.74) is 0. The zero-order chi connectivity index (χ0) is 10.9. The number of hydrogen-bond acceptors (Lipinski definition) is 0. The Hall–Kier alpha value is -0.520. The summed E-state index contributed by atoms with van der Waals surface area (Å²) in [5, 5.41) is 0. The van der Waals surface area contributed by atoms with Crippen LogP contribution in [0.5, 0.6) is 0 Å². The van der Waals surface area contributed by atoms with E-state index in [1.807, 2.05) is 13.8 Å². The lowest BCUT2D eigenvalue weighted by atomic mass is 9.82. The molecule has 0 amide bonds. The molecule has 2 rings (SSSR count). The van der Waals surface area contributed by atoms with E-state index in [9.17, 15) is 0 Å². The normalized spacial score (nSPS) is 30.3. The fourth-order valence-electron chi connectivity index (χ4n) is 2.61. The van der Waals surface area contributed by atoms with Gasteiger partial charge in [-0.1, -0.05) is 70.3 Å². The molecule has 1 fully saturated rings. The van der Waals surface area contributed by atoms with Crippen LogP contribution in [0.2, 0.25) is 0 Å². The van der Waals surface area contributed by atoms with Gasteiger partial charge in [-0.15, -0.1) is 0 Å². The first-order chi connectivity index (χ1) is 7.47. The zero-order valence-corrected chi connectivity index (χ0v) is 10.4. The highest BCUT2D eigenvalue weighted by Crippen LogP contribution is 2.31. The summed E-state index contributed by atoms with van der Waals surface area (Å²) in [4.78, 5) is 0. The van der Waals surface area contributed by atoms with Crippen molar-refractivity contribution in [2.45, 2.75) is 58.8 Å². The first-order valence-electron chi connectivity index (χ1n) is 6.82. The minimum absolute atomic E-state index is 0.864. The number of rotatable bonds is 0. The fraction of sp³-hybridized carbons (Fsp3) is 0.733. The van der Waals surface area contributed by atoms with Crippen LogP contribution in [0.4, 0.5) is 0 Å². The van der Waals surface area contributed by atoms with Crippen molar-refractivity contribution in [2.75, 3.05) is 0 Å². The van der Waals surface area contributed by atoms with Crippen LogP contribution < -0.4 is 0 Å². The van der Waals surface area contributed by atoms with Crippen LogP contribution in [0.15, 0.2) is 24.3 Å². The minimum atomic E-state index is 0.864. The molecule has 0 radical (unpaired) electrons. The summed E-state index contributed by atoms with van der Waals surface area (Å²) in [6.07, 6.45) is 19.4. The molecule has 0 aromatic heterocycles. The summed E-state index contributed by atoms with van der Waals surface area (Å²) in [6, 6.07) is 0. The highest BCUT2D eigenvalue weighted by Gasteiger charge is 2.18. The largest absolute Gasteiger partial charge is 0.0808 e. The number of hydrogen-bond donors (Lipinski definition) is 0.